The van der Waals surface area contributed by atoms with Crippen LogP contribution >= 0.6 is 12.3 Å². The van der Waals surface area contributed by atoms with Gasteiger partial charge in [0, 0.05) is 37.0 Å². The molecule has 56 heavy (non-hydrogen) atoms. The molecule has 3 fully saturated rings. The Bertz CT molecular complexity index is 1290. The van der Waals surface area contributed by atoms with Gasteiger partial charge >= 0.3 is 11.9 Å². The minimum absolute atomic E-state index is 0.0135. The Morgan fingerprint density at radius 2 is 1.52 bits per heavy atom. The topological polar surface area (TPSA) is 155 Å². The maximum absolute atomic E-state index is 14.6. The van der Waals surface area contributed by atoms with Crippen LogP contribution in [0.4, 0.5) is 0 Å². The van der Waals surface area contributed by atoms with E-state index in [9.17, 15) is 19.5 Å². The van der Waals surface area contributed by atoms with E-state index in [1.807, 2.05) is 20.8 Å². The van der Waals surface area contributed by atoms with E-state index < -0.39 is 90.2 Å². The van der Waals surface area contributed by atoms with Crippen molar-refractivity contribution in [2.24, 2.45) is 52.3 Å². The van der Waals surface area contributed by atoms with Gasteiger partial charge in [0.1, 0.15) is 24.6 Å². The average molecular weight is 819 g/mol. The molecular weight excluding hydrogens is 745 g/mol. The molecule has 3 saturated heterocycles. The van der Waals surface area contributed by atoms with Gasteiger partial charge in [0.15, 0.2) is 30.5 Å². The third-order valence-electron chi connectivity index (χ3n) is 13.3. The number of hydrogen-bond acceptors (Lipinski definition) is 14. The van der Waals surface area contributed by atoms with Crippen LogP contribution in [0.25, 0.3) is 0 Å². The van der Waals surface area contributed by atoms with Gasteiger partial charge in [-0.25, -0.2) is 4.89 Å². The molecule has 2 unspecified atom stereocenters. The smallest absolute Gasteiger partial charge is 0.311 e. The number of ether oxygens (including phenoxy) is 6. The number of hydrogen-bond donors (Lipinski definition) is 1. The van der Waals surface area contributed by atoms with Crippen molar-refractivity contribution in [1.29, 1.82) is 0 Å². The highest BCUT2D eigenvalue weighted by atomic mass is 32.2. The molecule has 0 bridgehead atoms. The molecule has 14 heteroatoms. The molecule has 0 aromatic heterocycles. The van der Waals surface area contributed by atoms with Gasteiger partial charge in [-0.05, 0) is 62.7 Å². The van der Waals surface area contributed by atoms with Crippen molar-refractivity contribution >= 4 is 30.0 Å². The minimum Gasteiger partial charge on any atom is -0.463 e. The molecule has 0 saturated carbocycles. The summed E-state index contributed by atoms with van der Waals surface area (Å²) in [5.74, 6) is -3.76. The monoisotopic (exact) mass is 818 g/mol. The Labute approximate surface area is 340 Å². The minimum atomic E-state index is -2.19. The first-order valence-corrected chi connectivity index (χ1v) is 21.3. The van der Waals surface area contributed by atoms with Crippen LogP contribution in [0.1, 0.15) is 130 Å². The lowest BCUT2D eigenvalue weighted by Crippen LogP contribution is -2.61. The average Bonchev–Trinajstić information content (AvgIpc) is 3.11. The Balaban J connectivity index is 2.24. The predicted molar refractivity (Wildman–Crippen MR) is 211 cm³/mol. The van der Waals surface area contributed by atoms with Crippen molar-refractivity contribution in [3.8, 4) is 0 Å². The fraction of sp³-hybridized carbons (Fsp3) is 0.929. The van der Waals surface area contributed by atoms with Crippen LogP contribution in [-0.2, 0) is 56.2 Å². The highest BCUT2D eigenvalue weighted by molar-refractivity contribution is 7.89. The fourth-order valence-corrected chi connectivity index (χ4v) is 9.81. The molecule has 3 aliphatic heterocycles. The normalized spacial score (nSPS) is 42.7. The lowest BCUT2D eigenvalue weighted by Gasteiger charge is -2.49. The van der Waals surface area contributed by atoms with Crippen LogP contribution in [0.2, 0.25) is 0 Å². The summed E-state index contributed by atoms with van der Waals surface area (Å²) >= 11 is 0.419. The predicted octanol–water partition coefficient (Wildman–Crippen LogP) is 7.65. The van der Waals surface area contributed by atoms with Gasteiger partial charge in [-0.1, -0.05) is 76.2 Å². The lowest BCUT2D eigenvalue weighted by atomic mass is 9.69. The molecule has 3 heterocycles. The largest absolute Gasteiger partial charge is 0.463 e. The van der Waals surface area contributed by atoms with E-state index in [-0.39, 0.29) is 41.7 Å². The molecule has 0 aliphatic carbocycles. The first kappa shape index (κ1) is 49.0. The van der Waals surface area contributed by atoms with E-state index in [1.165, 1.54) is 14.0 Å². The quantitative estimate of drug-likeness (QED) is 0.0714. The zero-order valence-electron chi connectivity index (χ0n) is 37.0. The number of carbonyl (C=O) groups is 3. The molecule has 0 amide bonds. The molecule has 13 nitrogen and oxygen atoms in total. The van der Waals surface area contributed by atoms with Crippen LogP contribution in [0.3, 0.4) is 0 Å². The summed E-state index contributed by atoms with van der Waals surface area (Å²) in [7, 11) is 1.28. The van der Waals surface area contributed by atoms with Crippen LogP contribution in [0.5, 0.6) is 0 Å². The maximum atomic E-state index is 14.6. The molecule has 0 aromatic carbocycles. The van der Waals surface area contributed by atoms with Crippen molar-refractivity contribution in [3.63, 3.8) is 0 Å². The summed E-state index contributed by atoms with van der Waals surface area (Å²) in [6, 6.07) is 0. The summed E-state index contributed by atoms with van der Waals surface area (Å²) in [6.07, 6.45) is -3.34. The van der Waals surface area contributed by atoms with Crippen molar-refractivity contribution in [1.82, 2.24) is 0 Å². The van der Waals surface area contributed by atoms with Gasteiger partial charge in [0.2, 0.25) is 0 Å². The van der Waals surface area contributed by atoms with Crippen LogP contribution in [0, 0.1) is 52.3 Å². The summed E-state index contributed by atoms with van der Waals surface area (Å²) in [5.41, 5.74) is -2.99. The SMILES string of the molecule is CC[C@H]1OC(=O)[C@H](C)[C@@H](OC2CC(C)(C)[C@@H](C)[C@H](C)O2)[C@H](C)[C@@H](OC2O[C@H](C)C[C@H](C)[C@H]2C)C(C)(C)C[C@@H](C)C(=O)[C@H](C)[C@@H](OSOOC)[C@@]1(O)COC(C)=O. The number of esters is 2. The second-order valence-electron chi connectivity index (χ2n) is 18.7. The first-order chi connectivity index (χ1) is 25.9. The summed E-state index contributed by atoms with van der Waals surface area (Å²) in [5, 5.41) is 12.6. The Hall–Kier alpha value is -1.36. The van der Waals surface area contributed by atoms with Gasteiger partial charge < -0.3 is 33.5 Å². The third-order valence-corrected chi connectivity index (χ3v) is 13.7. The maximum Gasteiger partial charge on any atom is 0.311 e. The van der Waals surface area contributed by atoms with Crippen LogP contribution in [-0.4, -0.2) is 91.3 Å². The Kier molecular flexibility index (Phi) is 17.7. The van der Waals surface area contributed by atoms with Crippen molar-refractivity contribution in [2.75, 3.05) is 13.7 Å². The second kappa shape index (κ2) is 20.3. The molecule has 0 spiro atoms. The van der Waals surface area contributed by atoms with Crippen molar-refractivity contribution in [2.45, 2.75) is 184 Å². The van der Waals surface area contributed by atoms with E-state index in [2.05, 4.69) is 55.4 Å². The highest BCUT2D eigenvalue weighted by Gasteiger charge is 2.55. The van der Waals surface area contributed by atoms with Gasteiger partial charge in [-0.2, -0.15) is 0 Å². The molecule has 0 aromatic rings. The molecular formula is C42H74O13S. The molecule has 3 aliphatic rings. The molecule has 16 atom stereocenters. The molecule has 326 valence electrons. The van der Waals surface area contributed by atoms with Crippen molar-refractivity contribution < 1.29 is 61.3 Å². The zero-order valence-corrected chi connectivity index (χ0v) is 37.8. The highest BCUT2D eigenvalue weighted by Crippen LogP contribution is 2.46. The number of ketones is 1. The number of aliphatic hydroxyl groups is 1. The standard InChI is InChI=1S/C42H74O13S/c1-17-32-42(46,21-48-31(11)43)37(54-56-55-47-16)26(6)34(44)23(3)19-41(14,15)36(53-39-25(5)22(2)18-24(4)49-39)27(7)35(28(8)38(45)51-32)52-33-20-40(12,13)29(9)30(10)50-33/h22-30,32-33,35-37,39,46H,17-21H2,1-16H3/t22-,23+,24+,25+,26-,27-,28+,29-,30-,32+,33?,35-,36+,37+,39?,42+/m0/s1. The molecule has 0 radical (unpaired) electrons. The van der Waals surface area contributed by atoms with Crippen LogP contribution in [0.15, 0.2) is 0 Å². The Morgan fingerprint density at radius 1 is 0.875 bits per heavy atom. The number of rotatable bonds is 11. The lowest BCUT2D eigenvalue weighted by molar-refractivity contribution is -0.293. The van der Waals surface area contributed by atoms with Gasteiger partial charge in [-0.15, -0.1) is 4.33 Å². The molecule has 3 rings (SSSR count). The van der Waals surface area contributed by atoms with Crippen LogP contribution < -0.4 is 0 Å². The number of cyclic esters (lactones) is 1. The van der Waals surface area contributed by atoms with Gasteiger partial charge in [0.25, 0.3) is 0 Å². The Morgan fingerprint density at radius 3 is 2.09 bits per heavy atom. The van der Waals surface area contributed by atoms with E-state index in [1.54, 1.807) is 20.8 Å². The number of Topliss-reactive ketones (excluding diaryl/α,β-unsaturated/α-hetero) is 1. The van der Waals surface area contributed by atoms with Gasteiger partial charge in [0.05, 0.1) is 37.4 Å². The summed E-state index contributed by atoms with van der Waals surface area (Å²) in [4.78, 5) is 46.0. The fourth-order valence-electron chi connectivity index (χ4n) is 9.30. The van der Waals surface area contributed by atoms with E-state index in [0.29, 0.717) is 31.1 Å². The van der Waals surface area contributed by atoms with E-state index in [0.717, 1.165) is 6.42 Å². The number of carbonyl (C=O) groups excluding carboxylic acids is 3. The van der Waals surface area contributed by atoms with Crippen molar-refractivity contribution in [3.05, 3.63) is 0 Å². The first-order valence-electron chi connectivity index (χ1n) is 20.7. The summed E-state index contributed by atoms with van der Waals surface area (Å²) in [6.45, 7) is 28.7. The van der Waals surface area contributed by atoms with E-state index in [4.69, 9.17) is 41.8 Å². The third kappa shape index (κ3) is 11.7. The second-order valence-corrected chi connectivity index (χ2v) is 19.1. The van der Waals surface area contributed by atoms with E-state index >= 15 is 0 Å². The summed E-state index contributed by atoms with van der Waals surface area (Å²) < 4.78 is 49.6. The van der Waals surface area contributed by atoms with Gasteiger partial charge in [-0.3, -0.25) is 18.6 Å². The molecule has 1 N–H and O–H groups in total. The zero-order chi connectivity index (χ0) is 42.5.